The second-order valence-electron chi connectivity index (χ2n) is 5.05. The van der Waals surface area contributed by atoms with E-state index < -0.39 is 23.9 Å². The first-order valence-corrected chi connectivity index (χ1v) is 6.96. The van der Waals surface area contributed by atoms with Gasteiger partial charge in [-0.2, -0.15) is 26.3 Å². The number of para-hydroxylation sites is 2. The van der Waals surface area contributed by atoms with Gasteiger partial charge in [-0.15, -0.1) is 0 Å². The summed E-state index contributed by atoms with van der Waals surface area (Å²) in [7, 11) is 0. The van der Waals surface area contributed by atoms with Crippen molar-refractivity contribution in [3.05, 3.63) is 47.9 Å². The largest absolute Gasteiger partial charge is 0.504 e. The molecule has 152 valence electrons. The van der Waals surface area contributed by atoms with Crippen molar-refractivity contribution in [1.82, 2.24) is 0 Å². The molecule has 1 aromatic rings. The fourth-order valence-electron chi connectivity index (χ4n) is 1.66. The van der Waals surface area contributed by atoms with Crippen LogP contribution in [0.15, 0.2) is 57.9 Å². The molecular formula is C16H14F6N2NiO2. The molecule has 27 heavy (non-hydrogen) atoms. The molecule has 0 saturated carbocycles. The number of nitrogens with zero attached hydrogens (tertiary/aromatic N) is 2. The first-order valence-electron chi connectivity index (χ1n) is 6.96. The minimum absolute atomic E-state index is 0. The van der Waals surface area contributed by atoms with Crippen LogP contribution in [0.25, 0.3) is 0 Å². The van der Waals surface area contributed by atoms with Gasteiger partial charge in [-0.1, -0.05) is 12.1 Å². The summed E-state index contributed by atoms with van der Waals surface area (Å²) in [6.45, 7) is 2.40. The Labute approximate surface area is 160 Å². The minimum atomic E-state index is -4.93. The molecule has 0 atom stereocenters. The molecule has 0 saturated heterocycles. The van der Waals surface area contributed by atoms with Crippen molar-refractivity contribution in [3.8, 4) is 0 Å². The molecular weight excluding hydrogens is 425 g/mol. The number of aliphatic hydroxyl groups excluding tert-OH is 2. The Balaban J connectivity index is 0.00000676. The molecule has 0 aliphatic heterocycles. The third kappa shape index (κ3) is 8.29. The van der Waals surface area contributed by atoms with Crippen LogP contribution in [0, 0.1) is 0 Å². The summed E-state index contributed by atoms with van der Waals surface area (Å²) < 4.78 is 73.8. The normalized spacial score (nSPS) is 14.8. The van der Waals surface area contributed by atoms with Gasteiger partial charge in [0.25, 0.3) is 0 Å². The van der Waals surface area contributed by atoms with Gasteiger partial charge in [-0.3, -0.25) is 9.98 Å². The summed E-state index contributed by atoms with van der Waals surface area (Å²) in [5.74, 6) is -3.68. The molecule has 1 rings (SSSR count). The van der Waals surface area contributed by atoms with Crippen molar-refractivity contribution in [2.24, 2.45) is 9.98 Å². The molecule has 0 radical (unpaired) electrons. The zero-order valence-corrected chi connectivity index (χ0v) is 14.8. The van der Waals surface area contributed by atoms with Gasteiger partial charge in [0.05, 0.1) is 11.4 Å². The maximum absolute atomic E-state index is 12.3. The Bertz CT molecular complexity index is 715. The number of alkyl halides is 6. The van der Waals surface area contributed by atoms with Crippen LogP contribution in [0.3, 0.4) is 0 Å². The molecule has 0 bridgehead atoms. The topological polar surface area (TPSA) is 65.2 Å². The van der Waals surface area contributed by atoms with E-state index >= 15 is 0 Å². The third-order valence-corrected chi connectivity index (χ3v) is 2.75. The first kappa shape index (κ1) is 24.7. The van der Waals surface area contributed by atoms with Crippen LogP contribution < -0.4 is 0 Å². The molecule has 0 aliphatic carbocycles. The molecule has 0 fully saturated rings. The first-order chi connectivity index (χ1) is 11.8. The molecule has 0 aliphatic rings. The summed E-state index contributed by atoms with van der Waals surface area (Å²) in [6, 6.07) is 5.75. The number of benzene rings is 1. The summed E-state index contributed by atoms with van der Waals surface area (Å²) in [5.41, 5.74) is -0.270. The van der Waals surface area contributed by atoms with Crippen molar-refractivity contribution in [2.45, 2.75) is 26.2 Å². The minimum Gasteiger partial charge on any atom is -0.504 e. The molecule has 0 heterocycles. The predicted octanol–water partition coefficient (Wildman–Crippen LogP) is 5.88. The number of aliphatic imine (C=N–C) groups is 2. The van der Waals surface area contributed by atoms with Gasteiger partial charge in [0.1, 0.15) is 0 Å². The zero-order chi connectivity index (χ0) is 20.1. The molecule has 0 unspecified atom stereocenters. The monoisotopic (exact) mass is 438 g/mol. The fourth-order valence-corrected chi connectivity index (χ4v) is 1.66. The van der Waals surface area contributed by atoms with E-state index in [0.717, 1.165) is 0 Å². The van der Waals surface area contributed by atoms with E-state index in [1.165, 1.54) is 38.1 Å². The van der Waals surface area contributed by atoms with Gasteiger partial charge in [0.2, 0.25) is 0 Å². The second kappa shape index (κ2) is 9.59. The Kier molecular flexibility index (Phi) is 8.78. The summed E-state index contributed by atoms with van der Waals surface area (Å²) >= 11 is 0. The average Bonchev–Trinajstić information content (AvgIpc) is 2.47. The molecule has 1 aromatic carbocycles. The van der Waals surface area contributed by atoms with Gasteiger partial charge in [-0.05, 0) is 26.0 Å². The Morgan fingerprint density at radius 1 is 0.778 bits per heavy atom. The van der Waals surface area contributed by atoms with Gasteiger partial charge in [0.15, 0.2) is 11.5 Å². The Morgan fingerprint density at radius 2 is 1.07 bits per heavy atom. The van der Waals surface area contributed by atoms with Crippen LogP contribution in [0.5, 0.6) is 0 Å². The quantitative estimate of drug-likeness (QED) is 0.267. The Morgan fingerprint density at radius 3 is 1.33 bits per heavy atom. The van der Waals surface area contributed by atoms with E-state index in [0.29, 0.717) is 12.2 Å². The van der Waals surface area contributed by atoms with Gasteiger partial charge in [-0.25, -0.2) is 0 Å². The standard InChI is InChI=1S/C16H14F6N2O2.Ni/c1-9(7-13(25)15(17,18)19)23-11-5-3-4-6-12(11)24-10(2)8-14(26)16(20,21)22;/h3-8,25-26H,1-2H3;/b13-7-,14-8-,23-9?,24-10?;. The van der Waals surface area contributed by atoms with E-state index in [4.69, 9.17) is 10.2 Å². The average molecular weight is 439 g/mol. The number of hydrogen-bond donors (Lipinski definition) is 2. The van der Waals surface area contributed by atoms with Crippen LogP contribution >= 0.6 is 0 Å². The molecule has 0 spiro atoms. The van der Waals surface area contributed by atoms with Crippen molar-refractivity contribution >= 4 is 22.8 Å². The number of rotatable bonds is 4. The van der Waals surface area contributed by atoms with Gasteiger partial charge < -0.3 is 10.2 Å². The van der Waals surface area contributed by atoms with E-state index in [-0.39, 0.29) is 39.3 Å². The molecule has 0 amide bonds. The maximum Gasteiger partial charge on any atom is 0.448 e. The van der Waals surface area contributed by atoms with E-state index in [9.17, 15) is 26.3 Å². The summed E-state index contributed by atoms with van der Waals surface area (Å²) in [5, 5.41) is 17.8. The third-order valence-electron chi connectivity index (χ3n) is 2.75. The number of hydrogen-bond acceptors (Lipinski definition) is 4. The van der Waals surface area contributed by atoms with Crippen LogP contribution in [0.4, 0.5) is 37.7 Å². The van der Waals surface area contributed by atoms with Crippen molar-refractivity contribution < 1.29 is 53.0 Å². The van der Waals surface area contributed by atoms with Crippen molar-refractivity contribution in [3.63, 3.8) is 0 Å². The number of halogens is 6. The van der Waals surface area contributed by atoms with Crippen LogP contribution in [-0.2, 0) is 16.5 Å². The molecule has 4 nitrogen and oxygen atoms in total. The van der Waals surface area contributed by atoms with Gasteiger partial charge >= 0.3 is 12.4 Å². The Hall–Kier alpha value is -2.29. The molecule has 0 aromatic heterocycles. The van der Waals surface area contributed by atoms with Crippen LogP contribution in [-0.4, -0.2) is 34.0 Å². The number of aliphatic hydroxyl groups is 2. The number of allylic oxidation sites excluding steroid dienone is 4. The maximum atomic E-state index is 12.3. The summed E-state index contributed by atoms with van der Waals surface area (Å²) in [6.07, 6.45) is -9.04. The zero-order valence-electron chi connectivity index (χ0n) is 13.8. The second-order valence-corrected chi connectivity index (χ2v) is 5.05. The van der Waals surface area contributed by atoms with E-state index in [2.05, 4.69) is 9.98 Å². The smallest absolute Gasteiger partial charge is 0.448 e. The SMILES string of the molecule is CC(/C=C(\O)C(F)(F)F)=Nc1ccccc1N=C(C)/C=C(\O)C(F)(F)F.[Ni]. The predicted molar refractivity (Wildman–Crippen MR) is 85.5 cm³/mol. The van der Waals surface area contributed by atoms with Crippen LogP contribution in [0.2, 0.25) is 0 Å². The van der Waals surface area contributed by atoms with Gasteiger partial charge in [0, 0.05) is 40.1 Å². The van der Waals surface area contributed by atoms with Crippen molar-refractivity contribution in [2.75, 3.05) is 0 Å². The molecule has 2 N–H and O–H groups in total. The molecule has 11 heteroatoms. The summed E-state index contributed by atoms with van der Waals surface area (Å²) in [4.78, 5) is 7.72. The van der Waals surface area contributed by atoms with Crippen molar-refractivity contribution in [1.29, 1.82) is 0 Å². The van der Waals surface area contributed by atoms with E-state index in [1.54, 1.807) is 0 Å². The van der Waals surface area contributed by atoms with Crippen LogP contribution in [0.1, 0.15) is 13.8 Å². The van der Waals surface area contributed by atoms with E-state index in [1.807, 2.05) is 0 Å². The fraction of sp³-hybridized carbons (Fsp3) is 0.250.